The molecule has 0 radical (unpaired) electrons. The number of amides is 1. The maximum absolute atomic E-state index is 11.9. The fraction of sp³-hybridized carbons (Fsp3) is 0.667. The van der Waals surface area contributed by atoms with Gasteiger partial charge in [-0.1, -0.05) is 0 Å². The summed E-state index contributed by atoms with van der Waals surface area (Å²) in [5.74, 6) is 0.0206. The second-order valence-corrected chi connectivity index (χ2v) is 3.66. The first kappa shape index (κ1) is 11.0. The molecule has 16 heavy (non-hydrogen) atoms. The predicted molar refractivity (Wildman–Crippen MR) is 55.4 cm³/mol. The van der Waals surface area contributed by atoms with Crippen molar-refractivity contribution in [1.82, 2.24) is 19.7 Å². The summed E-state index contributed by atoms with van der Waals surface area (Å²) in [7, 11) is 0. The van der Waals surface area contributed by atoms with E-state index in [0.717, 1.165) is 0 Å². The van der Waals surface area contributed by atoms with Crippen molar-refractivity contribution in [2.75, 3.05) is 26.2 Å². The molecule has 1 aliphatic rings. The van der Waals surface area contributed by atoms with Crippen LogP contribution in [0, 0.1) is 0 Å². The molecule has 0 aliphatic carbocycles. The Labute approximate surface area is 93.2 Å². The van der Waals surface area contributed by atoms with Crippen molar-refractivity contribution in [3.63, 3.8) is 0 Å². The van der Waals surface area contributed by atoms with Crippen LogP contribution in [0.2, 0.25) is 0 Å². The van der Waals surface area contributed by atoms with Crippen LogP contribution in [-0.2, 0) is 16.1 Å². The first-order valence-electron chi connectivity index (χ1n) is 5.21. The van der Waals surface area contributed by atoms with Crippen LogP contribution < -0.4 is 5.73 Å². The summed E-state index contributed by atoms with van der Waals surface area (Å²) in [6, 6.07) is 0. The first-order chi connectivity index (χ1) is 7.79. The van der Waals surface area contributed by atoms with E-state index in [1.165, 1.54) is 17.3 Å². The average molecular weight is 225 g/mol. The highest BCUT2D eigenvalue weighted by Crippen LogP contribution is 2.04. The molecule has 1 fully saturated rings. The Bertz CT molecular complexity index is 340. The van der Waals surface area contributed by atoms with Gasteiger partial charge in [-0.25, -0.2) is 9.67 Å². The first-order valence-corrected chi connectivity index (χ1v) is 5.21. The lowest BCUT2D eigenvalue weighted by Gasteiger charge is -2.32. The summed E-state index contributed by atoms with van der Waals surface area (Å²) in [5.41, 5.74) is 5.51. The van der Waals surface area contributed by atoms with Crippen molar-refractivity contribution in [3.8, 4) is 0 Å². The smallest absolute Gasteiger partial charge is 0.244 e. The average Bonchev–Trinajstić information content (AvgIpc) is 2.82. The van der Waals surface area contributed by atoms with Crippen molar-refractivity contribution in [2.24, 2.45) is 5.73 Å². The molecule has 1 aromatic heterocycles. The second-order valence-electron chi connectivity index (χ2n) is 3.66. The molecule has 0 saturated carbocycles. The van der Waals surface area contributed by atoms with E-state index < -0.39 is 0 Å². The molecule has 0 aromatic carbocycles. The van der Waals surface area contributed by atoms with E-state index in [-0.39, 0.29) is 18.6 Å². The number of rotatable bonds is 3. The van der Waals surface area contributed by atoms with Crippen LogP contribution in [0.25, 0.3) is 0 Å². The van der Waals surface area contributed by atoms with Crippen LogP contribution in [0.3, 0.4) is 0 Å². The molecule has 88 valence electrons. The third-order valence-corrected chi connectivity index (χ3v) is 2.52. The van der Waals surface area contributed by atoms with Crippen LogP contribution in [0.15, 0.2) is 12.7 Å². The van der Waals surface area contributed by atoms with Crippen LogP contribution >= 0.6 is 0 Å². The highest BCUT2D eigenvalue weighted by atomic mass is 16.5. The summed E-state index contributed by atoms with van der Waals surface area (Å²) in [4.78, 5) is 17.4. The number of morpholine rings is 1. The van der Waals surface area contributed by atoms with Gasteiger partial charge < -0.3 is 15.4 Å². The Morgan fingerprint density at radius 1 is 1.62 bits per heavy atom. The molecule has 1 aromatic rings. The molecular weight excluding hydrogens is 210 g/mol. The van der Waals surface area contributed by atoms with Crippen molar-refractivity contribution < 1.29 is 9.53 Å². The quantitative estimate of drug-likeness (QED) is 0.674. The SMILES string of the molecule is NCC1CN(C(=O)Cn2cncn2)CCO1. The molecule has 2 rings (SSSR count). The fourth-order valence-electron chi connectivity index (χ4n) is 1.64. The molecule has 1 amide bonds. The molecule has 0 spiro atoms. The molecule has 0 bridgehead atoms. The van der Waals surface area contributed by atoms with Crippen LogP contribution in [0.5, 0.6) is 0 Å². The number of aromatic nitrogens is 3. The largest absolute Gasteiger partial charge is 0.373 e. The minimum atomic E-state index is -0.0477. The second kappa shape index (κ2) is 5.04. The van der Waals surface area contributed by atoms with Crippen molar-refractivity contribution in [3.05, 3.63) is 12.7 Å². The highest BCUT2D eigenvalue weighted by molar-refractivity contribution is 5.76. The van der Waals surface area contributed by atoms with E-state index >= 15 is 0 Å². The van der Waals surface area contributed by atoms with Gasteiger partial charge in [0.05, 0.1) is 12.7 Å². The number of nitrogens with zero attached hydrogens (tertiary/aromatic N) is 4. The van der Waals surface area contributed by atoms with E-state index in [1.54, 1.807) is 4.90 Å². The minimum absolute atomic E-state index is 0.0206. The van der Waals surface area contributed by atoms with Gasteiger partial charge in [-0.2, -0.15) is 5.10 Å². The molecule has 1 atom stereocenters. The molecule has 1 saturated heterocycles. The van der Waals surface area contributed by atoms with Crippen LogP contribution in [0.4, 0.5) is 0 Å². The number of carbonyl (C=O) groups is 1. The van der Waals surface area contributed by atoms with Crippen LogP contribution in [-0.4, -0.2) is 57.9 Å². The number of ether oxygens (including phenoxy) is 1. The summed E-state index contributed by atoms with van der Waals surface area (Å²) in [6.45, 7) is 2.38. The molecule has 2 heterocycles. The van der Waals surface area contributed by atoms with Gasteiger partial charge in [0.25, 0.3) is 0 Å². The zero-order valence-corrected chi connectivity index (χ0v) is 8.95. The predicted octanol–water partition coefficient (Wildman–Crippen LogP) is -1.54. The Morgan fingerprint density at radius 2 is 2.50 bits per heavy atom. The van der Waals surface area contributed by atoms with E-state index in [2.05, 4.69) is 10.1 Å². The summed E-state index contributed by atoms with van der Waals surface area (Å²) >= 11 is 0. The Balaban J connectivity index is 1.89. The van der Waals surface area contributed by atoms with Gasteiger partial charge in [-0.15, -0.1) is 0 Å². The Kier molecular flexibility index (Phi) is 3.47. The number of hydrogen-bond donors (Lipinski definition) is 1. The zero-order valence-electron chi connectivity index (χ0n) is 8.95. The normalized spacial score (nSPS) is 21.1. The van der Waals surface area contributed by atoms with E-state index in [9.17, 15) is 4.79 Å². The number of carbonyl (C=O) groups excluding carboxylic acids is 1. The van der Waals surface area contributed by atoms with E-state index in [4.69, 9.17) is 10.5 Å². The molecule has 7 nitrogen and oxygen atoms in total. The standard InChI is InChI=1S/C9H15N5O2/c10-3-8-4-13(1-2-16-8)9(15)5-14-7-11-6-12-14/h6-8H,1-5,10H2. The summed E-state index contributed by atoms with van der Waals surface area (Å²) < 4.78 is 6.90. The fourth-order valence-corrected chi connectivity index (χ4v) is 1.64. The van der Waals surface area contributed by atoms with Crippen molar-refractivity contribution in [1.29, 1.82) is 0 Å². The Hall–Kier alpha value is -1.47. The van der Waals surface area contributed by atoms with Gasteiger partial charge in [-0.3, -0.25) is 4.79 Å². The third kappa shape index (κ3) is 2.56. The maximum atomic E-state index is 11.9. The van der Waals surface area contributed by atoms with Gasteiger partial charge in [-0.05, 0) is 0 Å². The maximum Gasteiger partial charge on any atom is 0.244 e. The van der Waals surface area contributed by atoms with Gasteiger partial charge >= 0.3 is 0 Å². The monoisotopic (exact) mass is 225 g/mol. The van der Waals surface area contributed by atoms with Crippen molar-refractivity contribution >= 4 is 5.91 Å². The number of nitrogens with two attached hydrogens (primary N) is 1. The molecule has 2 N–H and O–H groups in total. The molecule has 7 heteroatoms. The highest BCUT2D eigenvalue weighted by Gasteiger charge is 2.23. The lowest BCUT2D eigenvalue weighted by molar-refractivity contribution is -0.139. The van der Waals surface area contributed by atoms with Crippen molar-refractivity contribution in [2.45, 2.75) is 12.6 Å². The van der Waals surface area contributed by atoms with E-state index in [1.807, 2.05) is 0 Å². The van der Waals surface area contributed by atoms with Gasteiger partial charge in [0.2, 0.25) is 5.91 Å². The number of hydrogen-bond acceptors (Lipinski definition) is 5. The summed E-state index contributed by atoms with van der Waals surface area (Å²) in [6.07, 6.45) is 2.89. The third-order valence-electron chi connectivity index (χ3n) is 2.52. The van der Waals surface area contributed by atoms with Gasteiger partial charge in [0.15, 0.2) is 0 Å². The van der Waals surface area contributed by atoms with Gasteiger partial charge in [0.1, 0.15) is 19.2 Å². The minimum Gasteiger partial charge on any atom is -0.373 e. The zero-order chi connectivity index (χ0) is 11.4. The summed E-state index contributed by atoms with van der Waals surface area (Å²) in [5, 5.41) is 3.89. The van der Waals surface area contributed by atoms with E-state index in [0.29, 0.717) is 26.2 Å². The molecular formula is C9H15N5O2. The van der Waals surface area contributed by atoms with Gasteiger partial charge in [0, 0.05) is 19.6 Å². The molecule has 1 unspecified atom stereocenters. The lowest BCUT2D eigenvalue weighted by atomic mass is 10.2. The van der Waals surface area contributed by atoms with Crippen LogP contribution in [0.1, 0.15) is 0 Å². The molecule has 1 aliphatic heterocycles. The Morgan fingerprint density at radius 3 is 3.19 bits per heavy atom. The lowest BCUT2D eigenvalue weighted by Crippen LogP contribution is -2.49. The topological polar surface area (TPSA) is 86.3 Å².